The van der Waals surface area contributed by atoms with E-state index in [1.807, 2.05) is 30.3 Å². The maximum atomic E-state index is 11.1. The van der Waals surface area contributed by atoms with Crippen molar-refractivity contribution < 1.29 is 9.53 Å². The Morgan fingerprint density at radius 1 is 1.24 bits per heavy atom. The first-order valence-corrected chi connectivity index (χ1v) is 5.40. The van der Waals surface area contributed by atoms with Crippen molar-refractivity contribution in [1.29, 1.82) is 0 Å². The number of hydrogen-bond acceptors (Lipinski definition) is 2. The van der Waals surface area contributed by atoms with Crippen LogP contribution in [0.3, 0.4) is 0 Å². The summed E-state index contributed by atoms with van der Waals surface area (Å²) in [5, 5.41) is 0. The quantitative estimate of drug-likeness (QED) is 0.765. The largest absolute Gasteiger partial charge is 0.438 e. The van der Waals surface area contributed by atoms with Crippen molar-refractivity contribution >= 4 is 6.09 Å². The molecule has 0 spiro atoms. The van der Waals surface area contributed by atoms with Gasteiger partial charge in [0.2, 0.25) is 0 Å². The number of nitrogens with two attached hydrogens (primary N) is 1. The Kier molecular flexibility index (Phi) is 4.52. The molecule has 0 aromatic heterocycles. The summed E-state index contributed by atoms with van der Waals surface area (Å²) in [6.07, 6.45) is 3.61. The second-order valence-electron chi connectivity index (χ2n) is 3.77. The smallest absolute Gasteiger partial charge is 0.405 e. The van der Waals surface area contributed by atoms with E-state index in [0.29, 0.717) is 12.8 Å². The van der Waals surface area contributed by atoms with Crippen LogP contribution in [-0.4, -0.2) is 6.09 Å². The molecule has 0 radical (unpaired) electrons. The molecule has 0 fully saturated rings. The van der Waals surface area contributed by atoms with Gasteiger partial charge in [0.1, 0.15) is 5.60 Å². The maximum Gasteiger partial charge on any atom is 0.405 e. The minimum absolute atomic E-state index is 0.492. The number of rotatable bonds is 6. The number of benzene rings is 1. The molecule has 17 heavy (non-hydrogen) atoms. The fraction of sp³-hybridized carbons (Fsp3) is 0.214. The molecule has 0 saturated carbocycles. The maximum absolute atomic E-state index is 11.1. The van der Waals surface area contributed by atoms with Crippen LogP contribution in [0.25, 0.3) is 0 Å². The van der Waals surface area contributed by atoms with Gasteiger partial charge in [-0.05, 0) is 5.56 Å². The Morgan fingerprint density at radius 2 is 1.76 bits per heavy atom. The molecule has 0 aliphatic heterocycles. The zero-order valence-electron chi connectivity index (χ0n) is 9.76. The third kappa shape index (κ3) is 3.21. The minimum atomic E-state index is -0.795. The molecule has 0 aliphatic carbocycles. The van der Waals surface area contributed by atoms with E-state index in [1.165, 1.54) is 0 Å². The molecule has 0 aliphatic rings. The predicted octanol–water partition coefficient (Wildman–Crippen LogP) is 3.13. The normalized spacial score (nSPS) is 10.6. The van der Waals surface area contributed by atoms with Gasteiger partial charge in [-0.15, -0.1) is 13.2 Å². The highest BCUT2D eigenvalue weighted by atomic mass is 16.6. The van der Waals surface area contributed by atoms with E-state index >= 15 is 0 Å². The molecule has 1 rings (SSSR count). The summed E-state index contributed by atoms with van der Waals surface area (Å²) >= 11 is 0. The average Bonchev–Trinajstić information content (AvgIpc) is 2.30. The SMILES string of the molecule is C=CCC(CC=C)(OC(N)=O)c1ccccc1. The van der Waals surface area contributed by atoms with Crippen molar-refractivity contribution in [3.63, 3.8) is 0 Å². The van der Waals surface area contributed by atoms with Crippen LogP contribution in [0.2, 0.25) is 0 Å². The molecule has 0 unspecified atom stereocenters. The van der Waals surface area contributed by atoms with E-state index in [1.54, 1.807) is 12.2 Å². The summed E-state index contributed by atoms with van der Waals surface area (Å²) < 4.78 is 5.30. The molecule has 1 aromatic carbocycles. The highest BCUT2D eigenvalue weighted by molar-refractivity contribution is 5.65. The van der Waals surface area contributed by atoms with Gasteiger partial charge in [0.25, 0.3) is 0 Å². The topological polar surface area (TPSA) is 52.3 Å². The monoisotopic (exact) mass is 231 g/mol. The first-order chi connectivity index (χ1) is 8.14. The van der Waals surface area contributed by atoms with Crippen molar-refractivity contribution in [3.8, 4) is 0 Å². The van der Waals surface area contributed by atoms with Gasteiger partial charge in [-0.3, -0.25) is 0 Å². The van der Waals surface area contributed by atoms with Crippen LogP contribution in [0.15, 0.2) is 55.6 Å². The van der Waals surface area contributed by atoms with E-state index in [4.69, 9.17) is 10.5 Å². The van der Waals surface area contributed by atoms with Crippen LogP contribution in [0.4, 0.5) is 4.79 Å². The van der Waals surface area contributed by atoms with E-state index < -0.39 is 11.7 Å². The van der Waals surface area contributed by atoms with Crippen LogP contribution in [-0.2, 0) is 10.3 Å². The highest BCUT2D eigenvalue weighted by Gasteiger charge is 2.33. The molecular formula is C14H17NO2. The lowest BCUT2D eigenvalue weighted by molar-refractivity contribution is 0.0173. The third-order valence-electron chi connectivity index (χ3n) is 2.54. The molecule has 0 heterocycles. The Morgan fingerprint density at radius 3 is 2.18 bits per heavy atom. The zero-order chi connectivity index (χ0) is 12.7. The van der Waals surface area contributed by atoms with Gasteiger partial charge in [-0.25, -0.2) is 4.79 Å². The number of carbonyl (C=O) groups excluding carboxylic acids is 1. The van der Waals surface area contributed by atoms with Crippen molar-refractivity contribution in [2.24, 2.45) is 5.73 Å². The Balaban J connectivity index is 3.17. The lowest BCUT2D eigenvalue weighted by atomic mass is 9.87. The molecule has 0 saturated heterocycles. The van der Waals surface area contributed by atoms with Crippen molar-refractivity contribution in [1.82, 2.24) is 0 Å². The summed E-state index contributed by atoms with van der Waals surface area (Å²) in [6, 6.07) is 9.48. The summed E-state index contributed by atoms with van der Waals surface area (Å²) in [5.41, 5.74) is 5.24. The molecule has 1 amide bonds. The fourth-order valence-electron chi connectivity index (χ4n) is 1.86. The summed E-state index contributed by atoms with van der Waals surface area (Å²) in [7, 11) is 0. The van der Waals surface area contributed by atoms with Crippen LogP contribution in [0.5, 0.6) is 0 Å². The molecule has 0 bridgehead atoms. The van der Waals surface area contributed by atoms with Crippen molar-refractivity contribution in [3.05, 3.63) is 61.2 Å². The fourth-order valence-corrected chi connectivity index (χ4v) is 1.86. The van der Waals surface area contributed by atoms with Gasteiger partial charge in [-0.1, -0.05) is 42.5 Å². The number of hydrogen-bond donors (Lipinski definition) is 1. The number of amides is 1. The summed E-state index contributed by atoms with van der Waals surface area (Å²) in [4.78, 5) is 11.1. The molecular weight excluding hydrogens is 214 g/mol. The summed E-state index contributed by atoms with van der Waals surface area (Å²) in [6.45, 7) is 7.39. The summed E-state index contributed by atoms with van der Waals surface area (Å²) in [5.74, 6) is 0. The minimum Gasteiger partial charge on any atom is -0.438 e. The van der Waals surface area contributed by atoms with E-state index in [-0.39, 0.29) is 0 Å². The van der Waals surface area contributed by atoms with Gasteiger partial charge >= 0.3 is 6.09 Å². The van der Waals surface area contributed by atoms with Crippen molar-refractivity contribution in [2.75, 3.05) is 0 Å². The van der Waals surface area contributed by atoms with E-state index in [2.05, 4.69) is 13.2 Å². The van der Waals surface area contributed by atoms with Crippen LogP contribution >= 0.6 is 0 Å². The molecule has 2 N–H and O–H groups in total. The Labute approximate surface area is 102 Å². The van der Waals surface area contributed by atoms with Gasteiger partial charge < -0.3 is 10.5 Å². The van der Waals surface area contributed by atoms with Crippen LogP contribution in [0.1, 0.15) is 18.4 Å². The molecule has 1 aromatic rings. The predicted molar refractivity (Wildman–Crippen MR) is 68.4 cm³/mol. The van der Waals surface area contributed by atoms with Gasteiger partial charge in [0.15, 0.2) is 0 Å². The van der Waals surface area contributed by atoms with E-state index in [0.717, 1.165) is 5.56 Å². The third-order valence-corrected chi connectivity index (χ3v) is 2.54. The first kappa shape index (κ1) is 13.0. The number of primary amides is 1. The van der Waals surface area contributed by atoms with E-state index in [9.17, 15) is 4.79 Å². The molecule has 3 heteroatoms. The lowest BCUT2D eigenvalue weighted by Gasteiger charge is -2.31. The van der Waals surface area contributed by atoms with Gasteiger partial charge in [-0.2, -0.15) is 0 Å². The van der Waals surface area contributed by atoms with Gasteiger partial charge in [0, 0.05) is 12.8 Å². The number of carbonyl (C=O) groups is 1. The Bertz CT molecular complexity index is 388. The lowest BCUT2D eigenvalue weighted by Crippen LogP contribution is -2.34. The van der Waals surface area contributed by atoms with Crippen LogP contribution < -0.4 is 5.73 Å². The van der Waals surface area contributed by atoms with Crippen LogP contribution in [0, 0.1) is 0 Å². The number of ether oxygens (including phenoxy) is 1. The molecule has 3 nitrogen and oxygen atoms in total. The average molecular weight is 231 g/mol. The molecule has 90 valence electrons. The zero-order valence-corrected chi connectivity index (χ0v) is 9.76. The van der Waals surface area contributed by atoms with Crippen molar-refractivity contribution in [2.45, 2.75) is 18.4 Å². The second-order valence-corrected chi connectivity index (χ2v) is 3.77. The highest BCUT2D eigenvalue weighted by Crippen LogP contribution is 2.34. The first-order valence-electron chi connectivity index (χ1n) is 5.40. The Hall–Kier alpha value is -2.03. The molecule has 0 atom stereocenters. The van der Waals surface area contributed by atoms with Gasteiger partial charge in [0.05, 0.1) is 0 Å². The second kappa shape index (κ2) is 5.89. The standard InChI is InChI=1S/C14H17NO2/c1-3-10-14(11-4-2,17-13(15)16)12-8-6-5-7-9-12/h3-9H,1-2,10-11H2,(H2,15,16).